The zero-order valence-electron chi connectivity index (χ0n) is 19.9. The largest absolute Gasteiger partial charge is 0.507 e. The second-order valence-corrected chi connectivity index (χ2v) is 9.29. The summed E-state index contributed by atoms with van der Waals surface area (Å²) in [4.78, 5) is 12.8. The average Bonchev–Trinajstić information content (AvgIpc) is 3.05. The van der Waals surface area contributed by atoms with Crippen LogP contribution in [0.3, 0.4) is 0 Å². The van der Waals surface area contributed by atoms with Crippen molar-refractivity contribution >= 4 is 27.6 Å². The van der Waals surface area contributed by atoms with Gasteiger partial charge < -0.3 is 19.1 Å². The van der Waals surface area contributed by atoms with Gasteiger partial charge >= 0.3 is 5.97 Å². The second-order valence-electron chi connectivity index (χ2n) is 9.29. The van der Waals surface area contributed by atoms with Gasteiger partial charge in [-0.1, -0.05) is 57.2 Å². The first-order valence-electron chi connectivity index (χ1n) is 11.4. The smallest absolute Gasteiger partial charge is 0.340 e. The van der Waals surface area contributed by atoms with Gasteiger partial charge in [0.05, 0.1) is 24.2 Å². The van der Waals surface area contributed by atoms with E-state index >= 15 is 0 Å². The summed E-state index contributed by atoms with van der Waals surface area (Å²) in [5, 5.41) is 13.0. The first-order chi connectivity index (χ1) is 15.7. The van der Waals surface area contributed by atoms with E-state index in [2.05, 4.69) is 37.5 Å². The van der Waals surface area contributed by atoms with Gasteiger partial charge in [-0.25, -0.2) is 4.79 Å². The summed E-state index contributed by atoms with van der Waals surface area (Å²) in [7, 11) is 0. The van der Waals surface area contributed by atoms with Crippen molar-refractivity contribution in [2.45, 2.75) is 46.6 Å². The number of nitrogens with zero attached hydrogens (tertiary/aromatic N) is 1. The molecule has 0 aliphatic heterocycles. The highest BCUT2D eigenvalue weighted by Gasteiger charge is 2.23. The summed E-state index contributed by atoms with van der Waals surface area (Å²) < 4.78 is 13.5. The zero-order chi connectivity index (χ0) is 23.8. The molecule has 1 N–H and O–H groups in total. The highest BCUT2D eigenvalue weighted by Crippen LogP contribution is 2.37. The lowest BCUT2D eigenvalue weighted by Gasteiger charge is -2.19. The number of fused-ring (bicyclic) bond motifs is 3. The number of rotatable bonds is 6. The molecule has 1 heterocycles. The molecule has 0 saturated carbocycles. The Balaban J connectivity index is 1.71. The van der Waals surface area contributed by atoms with Gasteiger partial charge in [-0.2, -0.15) is 0 Å². The topological polar surface area (TPSA) is 60.7 Å². The van der Waals surface area contributed by atoms with Crippen molar-refractivity contribution < 1.29 is 19.4 Å². The van der Waals surface area contributed by atoms with Gasteiger partial charge in [0.15, 0.2) is 0 Å². The van der Waals surface area contributed by atoms with Crippen molar-refractivity contribution in [3.8, 4) is 11.5 Å². The SMILES string of the molecule is CCOC(=O)c1c(C)n(CCOc2ccc(C(C)(C)C)cc2)c2c1cc(O)c1ccccc12. The molecule has 4 aromatic rings. The lowest BCUT2D eigenvalue weighted by molar-refractivity contribution is 0.0527. The molecule has 0 aliphatic rings. The number of phenols is 1. The summed E-state index contributed by atoms with van der Waals surface area (Å²) in [5.41, 5.74) is 3.53. The van der Waals surface area contributed by atoms with Gasteiger partial charge in [-0.3, -0.25) is 0 Å². The summed E-state index contributed by atoms with van der Waals surface area (Å²) in [6, 6.07) is 17.5. The molecule has 5 heteroatoms. The van der Waals surface area contributed by atoms with E-state index < -0.39 is 0 Å². The first-order valence-corrected chi connectivity index (χ1v) is 11.4. The van der Waals surface area contributed by atoms with E-state index in [0.29, 0.717) is 24.1 Å². The van der Waals surface area contributed by atoms with Crippen molar-refractivity contribution in [2.24, 2.45) is 0 Å². The number of hydrogen-bond acceptors (Lipinski definition) is 4. The predicted octanol–water partition coefficient (Wildman–Crippen LogP) is 6.36. The number of hydrogen-bond donors (Lipinski definition) is 1. The van der Waals surface area contributed by atoms with Crippen LogP contribution in [0.1, 0.15) is 49.3 Å². The molecule has 0 radical (unpaired) electrons. The molecule has 0 unspecified atom stereocenters. The van der Waals surface area contributed by atoms with Gasteiger partial charge in [0.25, 0.3) is 0 Å². The molecule has 0 bridgehead atoms. The van der Waals surface area contributed by atoms with E-state index in [0.717, 1.165) is 27.7 Å². The van der Waals surface area contributed by atoms with Crippen LogP contribution in [0, 0.1) is 6.92 Å². The van der Waals surface area contributed by atoms with Crippen molar-refractivity contribution in [1.29, 1.82) is 0 Å². The Hall–Kier alpha value is -3.47. The minimum absolute atomic E-state index is 0.0931. The molecule has 0 aliphatic carbocycles. The minimum atomic E-state index is -0.382. The fourth-order valence-electron chi connectivity index (χ4n) is 4.37. The number of esters is 1. The molecule has 4 rings (SSSR count). The van der Waals surface area contributed by atoms with E-state index in [4.69, 9.17) is 9.47 Å². The van der Waals surface area contributed by atoms with Crippen molar-refractivity contribution in [3.63, 3.8) is 0 Å². The Labute approximate surface area is 194 Å². The monoisotopic (exact) mass is 445 g/mol. The Morgan fingerprint density at radius 1 is 1.00 bits per heavy atom. The number of benzene rings is 3. The molecule has 1 aromatic heterocycles. The van der Waals surface area contributed by atoms with E-state index in [1.165, 1.54) is 5.56 Å². The van der Waals surface area contributed by atoms with Crippen LogP contribution in [-0.4, -0.2) is 28.9 Å². The highest BCUT2D eigenvalue weighted by molar-refractivity contribution is 6.16. The third-order valence-electron chi connectivity index (χ3n) is 6.08. The van der Waals surface area contributed by atoms with Crippen LogP contribution in [0.25, 0.3) is 21.7 Å². The van der Waals surface area contributed by atoms with Gasteiger partial charge in [-0.15, -0.1) is 0 Å². The molecule has 0 spiro atoms. The summed E-state index contributed by atoms with van der Waals surface area (Å²) in [5.74, 6) is 0.577. The van der Waals surface area contributed by atoms with Crippen LogP contribution in [0.4, 0.5) is 0 Å². The first kappa shape index (κ1) is 22.7. The Morgan fingerprint density at radius 2 is 1.67 bits per heavy atom. The average molecular weight is 446 g/mol. The quantitative estimate of drug-likeness (QED) is 0.351. The van der Waals surface area contributed by atoms with Gasteiger partial charge in [0.2, 0.25) is 0 Å². The normalized spacial score (nSPS) is 11.8. The van der Waals surface area contributed by atoms with E-state index in [-0.39, 0.29) is 23.7 Å². The van der Waals surface area contributed by atoms with Gasteiger partial charge in [0, 0.05) is 21.9 Å². The number of ether oxygens (including phenoxy) is 2. The lowest BCUT2D eigenvalue weighted by atomic mass is 9.87. The summed E-state index contributed by atoms with van der Waals surface area (Å²) >= 11 is 0. The number of aromatic hydroxyl groups is 1. The van der Waals surface area contributed by atoms with Crippen molar-refractivity contribution in [2.75, 3.05) is 13.2 Å². The Bertz CT molecular complexity index is 1310. The maximum Gasteiger partial charge on any atom is 0.340 e. The van der Waals surface area contributed by atoms with Crippen LogP contribution in [0.5, 0.6) is 11.5 Å². The Morgan fingerprint density at radius 3 is 2.30 bits per heavy atom. The van der Waals surface area contributed by atoms with Gasteiger partial charge in [0.1, 0.15) is 18.1 Å². The van der Waals surface area contributed by atoms with Crippen LogP contribution in [0.2, 0.25) is 0 Å². The number of phenolic OH excluding ortho intramolecular Hbond substituents is 1. The molecular weight excluding hydrogens is 414 g/mol. The van der Waals surface area contributed by atoms with Crippen LogP contribution in [-0.2, 0) is 16.7 Å². The molecule has 0 atom stereocenters. The maximum atomic E-state index is 12.8. The molecule has 5 nitrogen and oxygen atoms in total. The minimum Gasteiger partial charge on any atom is -0.507 e. The molecule has 0 amide bonds. The molecule has 172 valence electrons. The van der Waals surface area contributed by atoms with Crippen LogP contribution >= 0.6 is 0 Å². The third kappa shape index (κ3) is 4.28. The van der Waals surface area contributed by atoms with Crippen molar-refractivity contribution in [1.82, 2.24) is 4.57 Å². The van der Waals surface area contributed by atoms with Crippen LogP contribution < -0.4 is 4.74 Å². The van der Waals surface area contributed by atoms with E-state index in [9.17, 15) is 9.90 Å². The third-order valence-corrected chi connectivity index (χ3v) is 6.08. The zero-order valence-corrected chi connectivity index (χ0v) is 19.9. The lowest BCUT2D eigenvalue weighted by Crippen LogP contribution is -2.12. The number of carbonyl (C=O) groups excluding carboxylic acids is 1. The summed E-state index contributed by atoms with van der Waals surface area (Å²) in [6.07, 6.45) is 0. The standard InChI is InChI=1S/C28H31NO4/c1-6-32-27(31)25-18(2)29(15-16-33-20-13-11-19(12-14-20)28(3,4)5)26-22-10-8-7-9-21(22)24(30)17-23(25)26/h7-14,17,30H,6,15-16H2,1-5H3. The predicted molar refractivity (Wildman–Crippen MR) is 132 cm³/mol. The molecule has 0 fully saturated rings. The molecule has 33 heavy (non-hydrogen) atoms. The maximum absolute atomic E-state index is 12.8. The Kier molecular flexibility index (Phi) is 6.07. The highest BCUT2D eigenvalue weighted by atomic mass is 16.5. The number of carbonyl (C=O) groups is 1. The van der Waals surface area contributed by atoms with Crippen LogP contribution in [0.15, 0.2) is 54.6 Å². The fourth-order valence-corrected chi connectivity index (χ4v) is 4.37. The molecular formula is C28H31NO4. The fraction of sp³-hybridized carbons (Fsp3) is 0.321. The van der Waals surface area contributed by atoms with Gasteiger partial charge in [-0.05, 0) is 43.0 Å². The summed E-state index contributed by atoms with van der Waals surface area (Å²) in [6.45, 7) is 11.5. The van der Waals surface area contributed by atoms with E-state index in [1.807, 2.05) is 43.3 Å². The second kappa shape index (κ2) is 8.81. The number of aromatic nitrogens is 1. The van der Waals surface area contributed by atoms with E-state index in [1.54, 1.807) is 13.0 Å². The van der Waals surface area contributed by atoms with Crippen molar-refractivity contribution in [3.05, 3.63) is 71.4 Å². The molecule has 0 saturated heterocycles. The molecule has 3 aromatic carbocycles.